The van der Waals surface area contributed by atoms with Crippen molar-refractivity contribution in [3.63, 3.8) is 0 Å². The monoisotopic (exact) mass is 485 g/mol. The fourth-order valence-electron chi connectivity index (χ4n) is 4.03. The third-order valence-corrected chi connectivity index (χ3v) is 5.69. The third-order valence-electron chi connectivity index (χ3n) is 5.69. The number of ether oxygens (including phenoxy) is 2. The molecule has 3 aromatic rings. The first-order valence-corrected chi connectivity index (χ1v) is 10.9. The summed E-state index contributed by atoms with van der Waals surface area (Å²) < 4.78 is 42.9. The van der Waals surface area contributed by atoms with Crippen molar-refractivity contribution in [1.82, 2.24) is 14.3 Å². The van der Waals surface area contributed by atoms with Crippen molar-refractivity contribution in [2.45, 2.75) is 19.4 Å². The lowest BCUT2D eigenvalue weighted by atomic mass is 10.0. The van der Waals surface area contributed by atoms with E-state index < -0.39 is 29.6 Å². The smallest absolute Gasteiger partial charge is 0.409 e. The molecule has 1 atom stereocenters. The molecular weight excluding hydrogens is 460 g/mol. The second-order valence-electron chi connectivity index (χ2n) is 8.13. The number of hydrogen-bond acceptors (Lipinski definition) is 7. The Morgan fingerprint density at radius 2 is 2.11 bits per heavy atom. The van der Waals surface area contributed by atoms with Crippen molar-refractivity contribution in [2.75, 3.05) is 32.1 Å². The van der Waals surface area contributed by atoms with Gasteiger partial charge in [-0.25, -0.2) is 18.6 Å². The molecule has 1 unspecified atom stereocenters. The molecule has 1 amide bonds. The van der Waals surface area contributed by atoms with Gasteiger partial charge in [0, 0.05) is 31.0 Å². The number of aliphatic hydroxyl groups is 1. The number of rotatable bonds is 6. The minimum Gasteiger partial charge on any atom is -0.505 e. The number of fused-ring (bicyclic) bond motifs is 1. The summed E-state index contributed by atoms with van der Waals surface area (Å²) in [7, 11) is 1.31. The van der Waals surface area contributed by atoms with Crippen molar-refractivity contribution < 1.29 is 28.2 Å². The Kier molecular flexibility index (Phi) is 6.97. The van der Waals surface area contributed by atoms with E-state index in [1.165, 1.54) is 12.0 Å². The summed E-state index contributed by atoms with van der Waals surface area (Å²) in [6.45, 7) is 2.86. The topological polar surface area (TPSA) is 112 Å². The molecule has 2 aromatic heterocycles. The fraction of sp³-hybridized carbons (Fsp3) is 0.292. The average molecular weight is 485 g/mol. The molecule has 3 heterocycles. The molecule has 35 heavy (non-hydrogen) atoms. The number of nitrogens with zero attached hydrogens (tertiary/aromatic N) is 3. The summed E-state index contributed by atoms with van der Waals surface area (Å²) in [6.07, 6.45) is 2.89. The van der Waals surface area contributed by atoms with Gasteiger partial charge in [-0.2, -0.15) is 0 Å². The van der Waals surface area contributed by atoms with E-state index >= 15 is 8.78 Å². The maximum absolute atomic E-state index is 15.2. The van der Waals surface area contributed by atoms with Gasteiger partial charge in [0.2, 0.25) is 0 Å². The van der Waals surface area contributed by atoms with Crippen molar-refractivity contribution in [3.05, 3.63) is 65.3 Å². The fourth-order valence-corrected chi connectivity index (χ4v) is 4.03. The zero-order chi connectivity index (χ0) is 25.1. The van der Waals surface area contributed by atoms with Gasteiger partial charge in [-0.05, 0) is 36.8 Å². The maximum atomic E-state index is 15.2. The van der Waals surface area contributed by atoms with Crippen molar-refractivity contribution >= 4 is 23.6 Å². The summed E-state index contributed by atoms with van der Waals surface area (Å²) in [4.78, 5) is 18.0. The second kappa shape index (κ2) is 10.1. The number of morpholine rings is 1. The van der Waals surface area contributed by atoms with Crippen molar-refractivity contribution in [2.24, 2.45) is 0 Å². The number of hydrogen-bond donors (Lipinski definition) is 3. The molecule has 1 aliphatic heterocycles. The van der Waals surface area contributed by atoms with Crippen molar-refractivity contribution in [1.29, 1.82) is 5.41 Å². The van der Waals surface area contributed by atoms with Crippen LogP contribution in [0.2, 0.25) is 0 Å². The lowest BCUT2D eigenvalue weighted by Gasteiger charge is -2.32. The van der Waals surface area contributed by atoms with Crippen LogP contribution in [0.15, 0.2) is 42.4 Å². The zero-order valence-corrected chi connectivity index (χ0v) is 19.2. The number of carbonyl (C=O) groups is 1. The summed E-state index contributed by atoms with van der Waals surface area (Å²) in [5.74, 6) is -2.10. The van der Waals surface area contributed by atoms with E-state index in [9.17, 15) is 9.90 Å². The lowest BCUT2D eigenvalue weighted by Crippen LogP contribution is -2.46. The molecule has 0 radical (unpaired) electrons. The van der Waals surface area contributed by atoms with Crippen LogP contribution in [0.1, 0.15) is 11.3 Å². The molecule has 0 saturated carbocycles. The number of pyridine rings is 1. The van der Waals surface area contributed by atoms with Crippen LogP contribution in [0, 0.1) is 24.0 Å². The molecule has 184 valence electrons. The SMILES string of the molecule is COC(=O)N1CCOC(Cc2c(-c3c(F)cc(N/C=C(/O)C=N)cc3F)nc3cc(C)ccn23)C1. The van der Waals surface area contributed by atoms with Crippen LogP contribution >= 0.6 is 0 Å². The van der Waals surface area contributed by atoms with E-state index in [2.05, 4.69) is 10.3 Å². The average Bonchev–Trinajstić information content (AvgIpc) is 3.18. The molecule has 0 bridgehead atoms. The number of aliphatic hydroxyl groups excluding tert-OH is 1. The summed E-state index contributed by atoms with van der Waals surface area (Å²) in [5.41, 5.74) is 1.89. The highest BCUT2D eigenvalue weighted by atomic mass is 19.1. The van der Waals surface area contributed by atoms with E-state index in [0.717, 1.165) is 23.9 Å². The Morgan fingerprint density at radius 1 is 1.37 bits per heavy atom. The molecule has 1 aliphatic rings. The van der Waals surface area contributed by atoms with Crippen LogP contribution in [0.3, 0.4) is 0 Å². The molecule has 1 aromatic carbocycles. The van der Waals surface area contributed by atoms with E-state index in [1.807, 2.05) is 19.1 Å². The molecule has 0 spiro atoms. The number of imidazole rings is 1. The molecular formula is C24H25F2N5O4. The highest BCUT2D eigenvalue weighted by Gasteiger charge is 2.29. The van der Waals surface area contributed by atoms with Gasteiger partial charge in [-0.1, -0.05) is 0 Å². The van der Waals surface area contributed by atoms with Gasteiger partial charge in [-0.15, -0.1) is 0 Å². The predicted molar refractivity (Wildman–Crippen MR) is 126 cm³/mol. The number of anilines is 1. The van der Waals surface area contributed by atoms with Crippen LogP contribution < -0.4 is 5.32 Å². The standard InChI is InChI=1S/C24H25F2N5O4/c1-14-3-4-31-20(10-17-13-30(5-6-35-17)24(33)34-2)23(29-21(31)7-14)22-18(25)8-15(9-19(22)26)28-12-16(32)11-27/h3-4,7-9,11-12,17,27-28,32H,5-6,10,13H2,1-2H3/b16-12+,27-11?. The molecule has 3 N–H and O–H groups in total. The Hall–Kier alpha value is -3.99. The third kappa shape index (κ3) is 5.09. The van der Waals surface area contributed by atoms with Crippen molar-refractivity contribution in [3.8, 4) is 11.3 Å². The number of methoxy groups -OCH3 is 1. The lowest BCUT2D eigenvalue weighted by molar-refractivity contribution is -0.0241. The quantitative estimate of drug-likeness (QED) is 0.359. The molecule has 4 rings (SSSR count). The van der Waals surface area contributed by atoms with Crippen LogP contribution in [0.25, 0.3) is 16.9 Å². The van der Waals surface area contributed by atoms with E-state index in [1.54, 1.807) is 10.6 Å². The van der Waals surface area contributed by atoms with Gasteiger partial charge >= 0.3 is 6.09 Å². The first-order chi connectivity index (χ1) is 16.8. The minimum absolute atomic E-state index is 0.0580. The Bertz CT molecular complexity index is 1280. The highest BCUT2D eigenvalue weighted by Crippen LogP contribution is 2.33. The first kappa shape index (κ1) is 24.1. The van der Waals surface area contributed by atoms with Crippen LogP contribution in [-0.4, -0.2) is 64.6 Å². The van der Waals surface area contributed by atoms with E-state index in [-0.39, 0.29) is 29.9 Å². The Morgan fingerprint density at radius 3 is 2.80 bits per heavy atom. The van der Waals surface area contributed by atoms with Gasteiger partial charge in [-0.3, -0.25) is 0 Å². The molecule has 9 nitrogen and oxygen atoms in total. The molecule has 1 fully saturated rings. The number of amides is 1. The number of halogens is 2. The van der Waals surface area contributed by atoms with E-state index in [4.69, 9.17) is 14.9 Å². The van der Waals surface area contributed by atoms with Gasteiger partial charge in [0.1, 0.15) is 23.0 Å². The van der Waals surface area contributed by atoms with Crippen LogP contribution in [-0.2, 0) is 15.9 Å². The number of allylic oxidation sites excluding steroid dienone is 1. The summed E-state index contributed by atoms with van der Waals surface area (Å²) >= 11 is 0. The van der Waals surface area contributed by atoms with E-state index in [0.29, 0.717) is 30.7 Å². The maximum Gasteiger partial charge on any atom is 0.409 e. The minimum atomic E-state index is -0.850. The zero-order valence-electron chi connectivity index (χ0n) is 19.2. The van der Waals surface area contributed by atoms with Crippen LogP contribution in [0.4, 0.5) is 19.3 Å². The number of benzene rings is 1. The van der Waals surface area contributed by atoms with Crippen LogP contribution in [0.5, 0.6) is 0 Å². The molecule has 0 aliphatic carbocycles. The number of aromatic nitrogens is 2. The van der Waals surface area contributed by atoms with Gasteiger partial charge < -0.3 is 34.6 Å². The summed E-state index contributed by atoms with van der Waals surface area (Å²) in [5, 5.41) is 18.9. The summed E-state index contributed by atoms with van der Waals surface area (Å²) in [6, 6.07) is 5.85. The second-order valence-corrected chi connectivity index (χ2v) is 8.13. The molecule has 11 heteroatoms. The number of nitrogens with one attached hydrogen (secondary N) is 2. The Labute approximate surface area is 200 Å². The number of carbonyl (C=O) groups excluding carboxylic acids is 1. The normalized spacial score (nSPS) is 16.4. The Balaban J connectivity index is 1.75. The first-order valence-electron chi connectivity index (χ1n) is 10.9. The highest BCUT2D eigenvalue weighted by molar-refractivity contribution is 5.74. The predicted octanol–water partition coefficient (Wildman–Crippen LogP) is 4.06. The van der Waals surface area contributed by atoms with Gasteiger partial charge in [0.05, 0.1) is 49.5 Å². The number of aryl methyl sites for hydroxylation is 1. The van der Waals surface area contributed by atoms with Gasteiger partial charge in [0.15, 0.2) is 0 Å². The van der Waals surface area contributed by atoms with Gasteiger partial charge in [0.25, 0.3) is 0 Å². The molecule has 1 saturated heterocycles. The largest absolute Gasteiger partial charge is 0.505 e.